The lowest BCUT2D eigenvalue weighted by Crippen LogP contribution is -2.35. The van der Waals surface area contributed by atoms with Crippen LogP contribution in [0.15, 0.2) is 18.3 Å². The zero-order valence-electron chi connectivity index (χ0n) is 9.54. The van der Waals surface area contributed by atoms with Crippen LogP contribution < -0.4 is 4.90 Å². The predicted octanol–water partition coefficient (Wildman–Crippen LogP) is 0.988. The van der Waals surface area contributed by atoms with E-state index in [2.05, 4.69) is 9.88 Å². The number of carbonyl (C=O) groups is 1. The second kappa shape index (κ2) is 5.14. The van der Waals surface area contributed by atoms with Gasteiger partial charge < -0.3 is 15.1 Å². The van der Waals surface area contributed by atoms with Crippen molar-refractivity contribution in [1.82, 2.24) is 4.98 Å². The van der Waals surface area contributed by atoms with E-state index >= 15 is 0 Å². The lowest BCUT2D eigenvalue weighted by molar-refractivity contribution is 0.0696. The Morgan fingerprint density at radius 3 is 2.59 bits per heavy atom. The van der Waals surface area contributed by atoms with Crippen LogP contribution in [-0.2, 0) is 0 Å². The maximum absolute atomic E-state index is 10.7. The molecule has 5 nitrogen and oxygen atoms in total. The van der Waals surface area contributed by atoms with Gasteiger partial charge in [0.05, 0.1) is 5.56 Å². The fourth-order valence-electron chi connectivity index (χ4n) is 2.04. The van der Waals surface area contributed by atoms with Gasteiger partial charge in [-0.1, -0.05) is 0 Å². The summed E-state index contributed by atoms with van der Waals surface area (Å²) in [6, 6.07) is 3.31. The number of aliphatic hydroxyl groups excluding tert-OH is 1. The molecule has 1 aromatic heterocycles. The minimum Gasteiger partial charge on any atom is -0.478 e. The first-order valence-electron chi connectivity index (χ1n) is 5.76. The van der Waals surface area contributed by atoms with E-state index in [-0.39, 0.29) is 12.2 Å². The van der Waals surface area contributed by atoms with Crippen LogP contribution >= 0.6 is 0 Å². The first-order valence-corrected chi connectivity index (χ1v) is 5.76. The Hall–Kier alpha value is -1.62. The van der Waals surface area contributed by atoms with Crippen LogP contribution in [0.2, 0.25) is 0 Å². The van der Waals surface area contributed by atoms with Gasteiger partial charge in [0.2, 0.25) is 0 Å². The van der Waals surface area contributed by atoms with E-state index in [0.29, 0.717) is 5.92 Å². The number of pyridine rings is 1. The van der Waals surface area contributed by atoms with Gasteiger partial charge in [0.25, 0.3) is 0 Å². The molecule has 17 heavy (non-hydrogen) atoms. The largest absolute Gasteiger partial charge is 0.478 e. The highest BCUT2D eigenvalue weighted by atomic mass is 16.4. The fourth-order valence-corrected chi connectivity index (χ4v) is 2.04. The lowest BCUT2D eigenvalue weighted by Gasteiger charge is -2.31. The van der Waals surface area contributed by atoms with Crippen molar-refractivity contribution in [3.05, 3.63) is 23.9 Å². The molecule has 1 fully saturated rings. The van der Waals surface area contributed by atoms with E-state index in [1.165, 1.54) is 6.20 Å². The third kappa shape index (κ3) is 2.74. The van der Waals surface area contributed by atoms with Crippen molar-refractivity contribution in [3.63, 3.8) is 0 Å². The quantitative estimate of drug-likeness (QED) is 0.818. The van der Waals surface area contributed by atoms with E-state index in [0.717, 1.165) is 31.7 Å². The van der Waals surface area contributed by atoms with Gasteiger partial charge in [0.1, 0.15) is 5.82 Å². The third-order valence-corrected chi connectivity index (χ3v) is 3.19. The summed E-state index contributed by atoms with van der Waals surface area (Å²) < 4.78 is 0. The summed E-state index contributed by atoms with van der Waals surface area (Å²) in [6.45, 7) is 1.98. The average molecular weight is 236 g/mol. The van der Waals surface area contributed by atoms with Gasteiger partial charge in [0, 0.05) is 25.9 Å². The summed E-state index contributed by atoms with van der Waals surface area (Å²) in [6.07, 6.45) is 3.30. The van der Waals surface area contributed by atoms with Gasteiger partial charge in [-0.25, -0.2) is 9.78 Å². The molecule has 2 heterocycles. The summed E-state index contributed by atoms with van der Waals surface area (Å²) in [7, 11) is 0. The molecule has 0 amide bonds. The number of aromatic carboxylic acids is 1. The van der Waals surface area contributed by atoms with Crippen molar-refractivity contribution in [1.29, 1.82) is 0 Å². The highest BCUT2D eigenvalue weighted by Gasteiger charge is 2.19. The number of hydrogen-bond acceptors (Lipinski definition) is 4. The van der Waals surface area contributed by atoms with E-state index in [1.54, 1.807) is 12.1 Å². The molecule has 0 unspecified atom stereocenters. The van der Waals surface area contributed by atoms with Gasteiger partial charge in [-0.2, -0.15) is 0 Å². The Bertz CT molecular complexity index is 383. The molecule has 0 aromatic carbocycles. The first kappa shape index (κ1) is 11.9. The lowest BCUT2D eigenvalue weighted by atomic mass is 9.98. The van der Waals surface area contributed by atoms with Crippen LogP contribution in [0.1, 0.15) is 23.2 Å². The molecule has 92 valence electrons. The zero-order valence-corrected chi connectivity index (χ0v) is 9.54. The molecule has 0 bridgehead atoms. The summed E-state index contributed by atoms with van der Waals surface area (Å²) in [5.41, 5.74) is 0.207. The third-order valence-electron chi connectivity index (χ3n) is 3.19. The molecule has 0 radical (unpaired) electrons. The van der Waals surface area contributed by atoms with E-state index in [9.17, 15) is 4.79 Å². The number of carboxylic acids is 1. The molecule has 0 spiro atoms. The number of hydrogen-bond donors (Lipinski definition) is 2. The van der Waals surface area contributed by atoms with E-state index in [4.69, 9.17) is 10.2 Å². The summed E-state index contributed by atoms with van der Waals surface area (Å²) in [5, 5.41) is 17.8. The molecule has 0 atom stereocenters. The van der Waals surface area contributed by atoms with E-state index < -0.39 is 5.97 Å². The SMILES string of the molecule is O=C(O)c1ccc(N2CCC(CO)CC2)nc1. The molecular formula is C12H16N2O3. The molecule has 1 aromatic rings. The molecule has 2 N–H and O–H groups in total. The second-order valence-electron chi connectivity index (χ2n) is 4.32. The highest BCUT2D eigenvalue weighted by Crippen LogP contribution is 2.21. The molecule has 2 rings (SSSR count). The van der Waals surface area contributed by atoms with Crippen LogP contribution in [0, 0.1) is 5.92 Å². The zero-order chi connectivity index (χ0) is 12.3. The number of nitrogens with zero attached hydrogens (tertiary/aromatic N) is 2. The number of piperidine rings is 1. The molecular weight excluding hydrogens is 220 g/mol. The Kier molecular flexibility index (Phi) is 3.58. The second-order valence-corrected chi connectivity index (χ2v) is 4.32. The molecule has 5 heteroatoms. The van der Waals surface area contributed by atoms with Crippen molar-refractivity contribution in [2.45, 2.75) is 12.8 Å². The number of anilines is 1. The van der Waals surface area contributed by atoms with Gasteiger partial charge in [-0.3, -0.25) is 0 Å². The van der Waals surface area contributed by atoms with Crippen molar-refractivity contribution >= 4 is 11.8 Å². The van der Waals surface area contributed by atoms with Gasteiger partial charge in [-0.15, -0.1) is 0 Å². The molecule has 0 saturated carbocycles. The molecule has 1 aliphatic heterocycles. The monoisotopic (exact) mass is 236 g/mol. The predicted molar refractivity (Wildman–Crippen MR) is 63.2 cm³/mol. The van der Waals surface area contributed by atoms with Crippen LogP contribution in [0.4, 0.5) is 5.82 Å². The molecule has 1 saturated heterocycles. The Labute approximate surface area is 99.7 Å². The normalized spacial score (nSPS) is 17.1. The van der Waals surface area contributed by atoms with Gasteiger partial charge in [-0.05, 0) is 30.9 Å². The standard InChI is InChI=1S/C12H16N2O3/c15-8-9-3-5-14(6-4-9)11-2-1-10(7-13-11)12(16)17/h1-2,7,9,15H,3-6,8H2,(H,16,17). The number of aromatic nitrogens is 1. The topological polar surface area (TPSA) is 73.7 Å². The van der Waals surface area contributed by atoms with E-state index in [1.807, 2.05) is 0 Å². The minimum absolute atomic E-state index is 0.207. The Balaban J connectivity index is 2.01. The fraction of sp³-hybridized carbons (Fsp3) is 0.500. The van der Waals surface area contributed by atoms with Crippen molar-refractivity contribution < 1.29 is 15.0 Å². The molecule has 0 aliphatic carbocycles. The van der Waals surface area contributed by atoms with Crippen LogP contribution in [0.25, 0.3) is 0 Å². The number of aliphatic hydroxyl groups is 1. The minimum atomic E-state index is -0.956. The molecule has 1 aliphatic rings. The van der Waals surface area contributed by atoms with Crippen LogP contribution in [0.5, 0.6) is 0 Å². The van der Waals surface area contributed by atoms with Gasteiger partial charge >= 0.3 is 5.97 Å². The first-order chi connectivity index (χ1) is 8.20. The van der Waals surface area contributed by atoms with Crippen molar-refractivity contribution in [2.24, 2.45) is 5.92 Å². The summed E-state index contributed by atoms with van der Waals surface area (Å²) in [4.78, 5) is 17.0. The van der Waals surface area contributed by atoms with Crippen molar-refractivity contribution in [3.8, 4) is 0 Å². The van der Waals surface area contributed by atoms with Crippen molar-refractivity contribution in [2.75, 3.05) is 24.6 Å². The maximum Gasteiger partial charge on any atom is 0.337 e. The van der Waals surface area contributed by atoms with Gasteiger partial charge in [0.15, 0.2) is 0 Å². The highest BCUT2D eigenvalue weighted by molar-refractivity contribution is 5.87. The Morgan fingerprint density at radius 1 is 1.41 bits per heavy atom. The smallest absolute Gasteiger partial charge is 0.337 e. The van der Waals surface area contributed by atoms with Crippen LogP contribution in [0.3, 0.4) is 0 Å². The Morgan fingerprint density at radius 2 is 2.12 bits per heavy atom. The van der Waals surface area contributed by atoms with Crippen LogP contribution in [-0.4, -0.2) is 40.9 Å². The number of carboxylic acid groups (broad SMARTS) is 1. The average Bonchev–Trinajstić information content (AvgIpc) is 2.39. The summed E-state index contributed by atoms with van der Waals surface area (Å²) >= 11 is 0. The maximum atomic E-state index is 10.7. The number of rotatable bonds is 3. The summed E-state index contributed by atoms with van der Waals surface area (Å²) in [5.74, 6) is 0.249.